The van der Waals surface area contributed by atoms with Gasteiger partial charge in [0, 0.05) is 6.42 Å². The Morgan fingerprint density at radius 3 is 2.32 bits per heavy atom. The van der Waals surface area contributed by atoms with Crippen LogP contribution in [0.5, 0.6) is 0 Å². The number of nitrogens with one attached hydrogen (secondary N) is 1. The molecule has 1 aliphatic carbocycles. The predicted octanol–water partition coefficient (Wildman–Crippen LogP) is 3.33. The van der Waals surface area contributed by atoms with Gasteiger partial charge in [0.1, 0.15) is 11.9 Å². The fourth-order valence-corrected chi connectivity index (χ4v) is 5.08. The minimum Gasteiger partial charge on any atom is -0.295 e. The lowest BCUT2D eigenvalue weighted by Gasteiger charge is -2.25. The van der Waals surface area contributed by atoms with Crippen molar-refractivity contribution in [3.8, 4) is 0 Å². The van der Waals surface area contributed by atoms with Crippen LogP contribution in [0.25, 0.3) is 10.9 Å². The molecule has 1 N–H and O–H groups in total. The van der Waals surface area contributed by atoms with Gasteiger partial charge in [-0.2, -0.15) is 0 Å². The maximum atomic E-state index is 13.6. The van der Waals surface area contributed by atoms with E-state index in [1.54, 1.807) is 6.92 Å². The van der Waals surface area contributed by atoms with Crippen molar-refractivity contribution in [2.75, 3.05) is 0 Å². The molecule has 2 aromatic rings. The highest BCUT2D eigenvalue weighted by Crippen LogP contribution is 2.26. The predicted molar refractivity (Wildman–Crippen MR) is 123 cm³/mol. The lowest BCUT2D eigenvalue weighted by molar-refractivity contribution is -0.135. The van der Waals surface area contributed by atoms with Gasteiger partial charge in [0.15, 0.2) is 7.28 Å². The highest BCUT2D eigenvalue weighted by molar-refractivity contribution is 6.58. The zero-order chi connectivity index (χ0) is 21.8. The molecule has 0 unspecified atom stereocenters. The van der Waals surface area contributed by atoms with Crippen molar-refractivity contribution in [1.82, 2.24) is 14.9 Å². The normalized spacial score (nSPS) is 21.6. The molecule has 31 heavy (non-hydrogen) atoms. The third kappa shape index (κ3) is 4.91. The number of benzene rings is 1. The van der Waals surface area contributed by atoms with Crippen molar-refractivity contribution in [3.05, 3.63) is 34.4 Å². The van der Waals surface area contributed by atoms with E-state index in [9.17, 15) is 14.4 Å². The molecular formula is C24H31BN3O3. The molecule has 1 atom stereocenters. The summed E-state index contributed by atoms with van der Waals surface area (Å²) < 4.78 is 1.48. The van der Waals surface area contributed by atoms with Gasteiger partial charge in [0.2, 0.25) is 11.8 Å². The number of hydrogen-bond acceptors (Lipinski definition) is 4. The zero-order valence-electron chi connectivity index (χ0n) is 18.4. The first kappa shape index (κ1) is 21.8. The molecule has 1 aliphatic heterocycles. The lowest BCUT2D eigenvalue weighted by atomic mass is 9.55. The van der Waals surface area contributed by atoms with Gasteiger partial charge in [-0.25, -0.2) is 4.98 Å². The molecule has 2 aliphatic rings. The molecule has 1 aromatic carbocycles. The van der Waals surface area contributed by atoms with Crippen LogP contribution in [-0.4, -0.2) is 28.6 Å². The molecule has 2 heterocycles. The Hall–Kier alpha value is -2.44. The second-order valence-electron chi connectivity index (χ2n) is 9.02. The maximum Gasteiger partial charge on any atom is 0.261 e. The van der Waals surface area contributed by atoms with Crippen molar-refractivity contribution < 1.29 is 9.59 Å². The van der Waals surface area contributed by atoms with Crippen molar-refractivity contribution in [3.63, 3.8) is 0 Å². The summed E-state index contributed by atoms with van der Waals surface area (Å²) in [6.45, 7) is 1.75. The second-order valence-corrected chi connectivity index (χ2v) is 9.02. The van der Waals surface area contributed by atoms with Crippen LogP contribution in [0.3, 0.4) is 0 Å². The average Bonchev–Trinajstić information content (AvgIpc) is 2.74. The van der Waals surface area contributed by atoms with Gasteiger partial charge in [-0.15, -0.1) is 0 Å². The van der Waals surface area contributed by atoms with E-state index in [1.807, 2.05) is 18.2 Å². The quantitative estimate of drug-likeness (QED) is 0.610. The average molecular weight is 420 g/mol. The minimum atomic E-state index is -0.691. The highest BCUT2D eigenvalue weighted by atomic mass is 16.2. The smallest absolute Gasteiger partial charge is 0.261 e. The monoisotopic (exact) mass is 420 g/mol. The molecule has 6 nitrogen and oxygen atoms in total. The van der Waals surface area contributed by atoms with Gasteiger partial charge in [-0.1, -0.05) is 81.2 Å². The van der Waals surface area contributed by atoms with Crippen molar-refractivity contribution in [2.45, 2.75) is 89.4 Å². The molecule has 2 amide bonds. The third-order valence-corrected chi connectivity index (χ3v) is 6.73. The van der Waals surface area contributed by atoms with Crippen LogP contribution in [0.1, 0.15) is 82.5 Å². The topological polar surface area (TPSA) is 81.1 Å². The summed E-state index contributed by atoms with van der Waals surface area (Å²) in [6.07, 6.45) is 11.9. The number of aryl methyl sites for hydroxylation is 1. The number of carbonyl (C=O) groups excluding carboxylic acids is 2. The van der Waals surface area contributed by atoms with Gasteiger partial charge in [-0.3, -0.25) is 24.3 Å². The molecule has 1 saturated carbocycles. The standard InChI is InChI=1S/C24H31BN3O3/c1-16-26-19-13-9-12-18(25-17-10-7-5-3-2-4-6-8-11-17)22(19)24(31)28(16)20-14-15-21(29)27-23(20)30/h9,12-13,17,20H,2-8,10-11,14-15H2,1H3,(H,27,29,30)/t20-/m0/s1. The summed E-state index contributed by atoms with van der Waals surface area (Å²) in [5.41, 5.74) is 1.39. The van der Waals surface area contributed by atoms with Crippen LogP contribution in [-0.2, 0) is 9.59 Å². The van der Waals surface area contributed by atoms with Crippen LogP contribution >= 0.6 is 0 Å². The van der Waals surface area contributed by atoms with E-state index in [2.05, 4.69) is 17.6 Å². The van der Waals surface area contributed by atoms with E-state index in [1.165, 1.54) is 49.5 Å². The molecular weight excluding hydrogens is 389 g/mol. The molecule has 1 aromatic heterocycles. The number of rotatable bonds is 3. The van der Waals surface area contributed by atoms with Crippen molar-refractivity contribution >= 4 is 35.5 Å². The highest BCUT2D eigenvalue weighted by Gasteiger charge is 2.31. The number of piperidine rings is 1. The molecule has 2 fully saturated rings. The molecule has 1 radical (unpaired) electrons. The summed E-state index contributed by atoms with van der Waals surface area (Å²) >= 11 is 0. The van der Waals surface area contributed by atoms with Crippen LogP contribution < -0.4 is 16.3 Å². The fourth-order valence-electron chi connectivity index (χ4n) is 5.08. The first-order chi connectivity index (χ1) is 15.0. The van der Waals surface area contributed by atoms with Gasteiger partial charge < -0.3 is 0 Å². The van der Waals surface area contributed by atoms with E-state index in [4.69, 9.17) is 0 Å². The number of fused-ring (bicyclic) bond motifs is 1. The van der Waals surface area contributed by atoms with Gasteiger partial charge in [0.25, 0.3) is 5.56 Å². The molecule has 7 heteroatoms. The van der Waals surface area contributed by atoms with E-state index in [0.717, 1.165) is 18.3 Å². The second kappa shape index (κ2) is 9.79. The SMILES string of the molecule is Cc1nc2cccc([B]C3CCCCCCCCC3)c2c(=O)n1[C@H]1CCC(=O)NC1=O. The third-order valence-electron chi connectivity index (χ3n) is 6.73. The van der Waals surface area contributed by atoms with Crippen LogP contribution in [0.15, 0.2) is 23.0 Å². The summed E-state index contributed by atoms with van der Waals surface area (Å²) in [5, 5.41) is 2.94. The fraction of sp³-hybridized carbons (Fsp3) is 0.583. The van der Waals surface area contributed by atoms with Crippen molar-refractivity contribution in [2.24, 2.45) is 0 Å². The molecule has 0 bridgehead atoms. The molecule has 163 valence electrons. The number of hydrogen-bond donors (Lipinski definition) is 1. The van der Waals surface area contributed by atoms with E-state index in [0.29, 0.717) is 29.0 Å². The Kier molecular flexibility index (Phi) is 6.88. The van der Waals surface area contributed by atoms with E-state index < -0.39 is 11.9 Å². The first-order valence-corrected chi connectivity index (χ1v) is 11.7. The Labute approximate surface area is 184 Å². The summed E-state index contributed by atoms with van der Waals surface area (Å²) in [4.78, 5) is 42.3. The van der Waals surface area contributed by atoms with E-state index in [-0.39, 0.29) is 17.9 Å². The Bertz CT molecular complexity index is 1020. The van der Waals surface area contributed by atoms with E-state index >= 15 is 0 Å². The van der Waals surface area contributed by atoms with Gasteiger partial charge in [0.05, 0.1) is 10.9 Å². The number of imide groups is 1. The largest absolute Gasteiger partial charge is 0.295 e. The number of nitrogens with zero attached hydrogens (tertiary/aromatic N) is 2. The summed E-state index contributed by atoms with van der Waals surface area (Å²) in [5.74, 6) is 0.249. The zero-order valence-corrected chi connectivity index (χ0v) is 18.4. The van der Waals surface area contributed by atoms with Crippen molar-refractivity contribution in [1.29, 1.82) is 0 Å². The van der Waals surface area contributed by atoms with Crippen LogP contribution in [0.4, 0.5) is 0 Å². The van der Waals surface area contributed by atoms with Crippen LogP contribution in [0.2, 0.25) is 5.82 Å². The Morgan fingerprint density at radius 1 is 0.968 bits per heavy atom. The van der Waals surface area contributed by atoms with Crippen LogP contribution in [0, 0.1) is 6.92 Å². The number of aromatic nitrogens is 2. The summed E-state index contributed by atoms with van der Waals surface area (Å²) in [6, 6.07) is 5.12. The molecule has 4 rings (SSSR count). The number of amides is 2. The van der Waals surface area contributed by atoms with Gasteiger partial charge in [-0.05, 0) is 19.4 Å². The molecule has 1 saturated heterocycles. The molecule has 0 spiro atoms. The number of carbonyl (C=O) groups is 2. The minimum absolute atomic E-state index is 0.191. The lowest BCUT2D eigenvalue weighted by Crippen LogP contribution is -2.45. The maximum absolute atomic E-state index is 13.6. The Balaban J connectivity index is 1.68. The first-order valence-electron chi connectivity index (χ1n) is 11.7. The summed E-state index contributed by atoms with van der Waals surface area (Å²) in [7, 11) is 2.26. The van der Waals surface area contributed by atoms with Gasteiger partial charge >= 0.3 is 0 Å². The Morgan fingerprint density at radius 2 is 1.65 bits per heavy atom.